The third-order valence-electron chi connectivity index (χ3n) is 7.71. The number of ether oxygens (including phenoxy) is 2. The molecule has 0 amide bonds. The maximum Gasteiger partial charge on any atom is 0.338 e. The number of carbonyl (C=O) groups excluding carboxylic acids is 2. The van der Waals surface area contributed by atoms with Crippen molar-refractivity contribution < 1.29 is 23.5 Å². The minimum Gasteiger partial charge on any atom is -0.454 e. The quantitative estimate of drug-likeness (QED) is 0.178. The molecule has 2 atom stereocenters. The molecule has 1 aliphatic rings. The molecule has 7 rings (SSSR count). The number of benzene rings is 6. The first-order valence-corrected chi connectivity index (χ1v) is 13.0. The van der Waals surface area contributed by atoms with E-state index in [9.17, 15) is 9.59 Å². The van der Waals surface area contributed by atoms with E-state index < -0.39 is 30.0 Å². The van der Waals surface area contributed by atoms with Crippen LogP contribution in [0.5, 0.6) is 0 Å². The molecule has 0 N–H and O–H groups in total. The third kappa shape index (κ3) is 3.81. The Labute approximate surface area is 223 Å². The lowest BCUT2D eigenvalue weighted by Crippen LogP contribution is -2.34. The first-order chi connectivity index (χ1) is 19.1. The molecule has 6 aromatic carbocycles. The Hall–Kier alpha value is -4.77. The molecule has 0 saturated heterocycles. The fourth-order valence-electron chi connectivity index (χ4n) is 5.92. The number of esters is 2. The third-order valence-corrected chi connectivity index (χ3v) is 7.71. The van der Waals surface area contributed by atoms with Gasteiger partial charge in [-0.3, -0.25) is 0 Å². The van der Waals surface area contributed by atoms with Gasteiger partial charge in [-0.2, -0.15) is 0 Å². The van der Waals surface area contributed by atoms with Crippen LogP contribution in [0.1, 0.15) is 44.4 Å². The minimum absolute atomic E-state index is 0.280. The van der Waals surface area contributed by atoms with Crippen LogP contribution in [0.2, 0.25) is 0 Å². The predicted octanol–water partition coefficient (Wildman–Crippen LogP) is 7.79. The summed E-state index contributed by atoms with van der Waals surface area (Å²) in [6, 6.07) is 31.1. The van der Waals surface area contributed by atoms with Crippen molar-refractivity contribution in [1.29, 1.82) is 0 Å². The molecule has 0 aliphatic heterocycles. The van der Waals surface area contributed by atoms with Gasteiger partial charge in [0.1, 0.15) is 11.9 Å². The zero-order chi connectivity index (χ0) is 26.5. The molecule has 0 aromatic heterocycles. The summed E-state index contributed by atoms with van der Waals surface area (Å²) in [6.45, 7) is 0. The van der Waals surface area contributed by atoms with Crippen LogP contribution in [0.3, 0.4) is 0 Å². The van der Waals surface area contributed by atoms with E-state index in [0.29, 0.717) is 29.4 Å². The van der Waals surface area contributed by atoms with Gasteiger partial charge >= 0.3 is 11.9 Å². The number of fused-ring (bicyclic) bond motifs is 2. The number of aryl methyl sites for hydroxylation is 1. The Morgan fingerprint density at radius 1 is 0.641 bits per heavy atom. The summed E-state index contributed by atoms with van der Waals surface area (Å²) in [4.78, 5) is 26.3. The number of carbonyl (C=O) groups is 2. The molecule has 39 heavy (non-hydrogen) atoms. The first kappa shape index (κ1) is 23.4. The number of halogens is 1. The molecule has 0 radical (unpaired) electrons. The van der Waals surface area contributed by atoms with Crippen molar-refractivity contribution in [3.8, 4) is 0 Å². The summed E-state index contributed by atoms with van der Waals surface area (Å²) in [5.41, 5.74) is 1.79. The SMILES string of the molecule is O=C(O[C@@H]1c2c(F)c3ccc4cccc5ccc(c2CC[C@H]1OC(=O)c1ccccc1)c3c45)c1ccccc1. The second kappa shape index (κ2) is 9.21. The molecule has 0 heterocycles. The topological polar surface area (TPSA) is 52.6 Å². The van der Waals surface area contributed by atoms with Crippen LogP contribution in [0.4, 0.5) is 4.39 Å². The zero-order valence-electron chi connectivity index (χ0n) is 20.9. The maximum atomic E-state index is 16.6. The highest BCUT2D eigenvalue weighted by Gasteiger charge is 2.40. The van der Waals surface area contributed by atoms with E-state index in [1.807, 2.05) is 36.4 Å². The van der Waals surface area contributed by atoms with Crippen LogP contribution in [-0.2, 0) is 15.9 Å². The van der Waals surface area contributed by atoms with Gasteiger partial charge in [-0.05, 0) is 64.2 Å². The average Bonchev–Trinajstić information content (AvgIpc) is 2.98. The van der Waals surface area contributed by atoms with Crippen molar-refractivity contribution in [3.63, 3.8) is 0 Å². The number of hydrogen-bond acceptors (Lipinski definition) is 4. The molecule has 0 bridgehead atoms. The van der Waals surface area contributed by atoms with Crippen LogP contribution in [-0.4, -0.2) is 18.0 Å². The van der Waals surface area contributed by atoms with Crippen LogP contribution in [0.25, 0.3) is 32.3 Å². The van der Waals surface area contributed by atoms with Crippen molar-refractivity contribution >= 4 is 44.3 Å². The molecule has 190 valence electrons. The van der Waals surface area contributed by atoms with E-state index >= 15 is 4.39 Å². The highest BCUT2D eigenvalue weighted by molar-refractivity contribution is 6.24. The van der Waals surface area contributed by atoms with Gasteiger partial charge < -0.3 is 9.47 Å². The molecule has 5 heteroatoms. The van der Waals surface area contributed by atoms with Crippen LogP contribution in [0.15, 0.2) is 103 Å². The second-order valence-corrected chi connectivity index (χ2v) is 9.93. The highest BCUT2D eigenvalue weighted by Crippen LogP contribution is 2.46. The largest absolute Gasteiger partial charge is 0.454 e. The monoisotopic (exact) mass is 514 g/mol. The molecular weight excluding hydrogens is 491 g/mol. The van der Waals surface area contributed by atoms with Crippen LogP contribution in [0, 0.1) is 5.82 Å². The smallest absolute Gasteiger partial charge is 0.338 e. The lowest BCUT2D eigenvalue weighted by Gasteiger charge is -2.34. The Bertz CT molecular complexity index is 1850. The van der Waals surface area contributed by atoms with Gasteiger partial charge in [0.05, 0.1) is 11.1 Å². The van der Waals surface area contributed by atoms with Crippen LogP contribution >= 0.6 is 0 Å². The zero-order valence-corrected chi connectivity index (χ0v) is 20.9. The van der Waals surface area contributed by atoms with Gasteiger partial charge in [-0.15, -0.1) is 0 Å². The summed E-state index contributed by atoms with van der Waals surface area (Å²) < 4.78 is 28.5. The van der Waals surface area contributed by atoms with E-state index in [1.165, 1.54) is 0 Å². The van der Waals surface area contributed by atoms with E-state index in [-0.39, 0.29) is 5.56 Å². The molecular formula is C34H23FO4. The van der Waals surface area contributed by atoms with Gasteiger partial charge in [-0.25, -0.2) is 14.0 Å². The van der Waals surface area contributed by atoms with Gasteiger partial charge in [0.15, 0.2) is 6.10 Å². The molecule has 1 aliphatic carbocycles. The van der Waals surface area contributed by atoms with Gasteiger partial charge in [0, 0.05) is 16.3 Å². The van der Waals surface area contributed by atoms with Crippen molar-refractivity contribution in [3.05, 3.63) is 131 Å². The first-order valence-electron chi connectivity index (χ1n) is 13.0. The molecule has 0 spiro atoms. The lowest BCUT2D eigenvalue weighted by atomic mass is 9.80. The fourth-order valence-corrected chi connectivity index (χ4v) is 5.92. The van der Waals surface area contributed by atoms with Gasteiger partial charge in [0.2, 0.25) is 0 Å². The molecule has 0 fully saturated rings. The normalized spacial score (nSPS) is 16.8. The van der Waals surface area contributed by atoms with E-state index in [4.69, 9.17) is 9.47 Å². The molecule has 0 saturated carbocycles. The summed E-state index contributed by atoms with van der Waals surface area (Å²) in [5, 5.41) is 5.37. The van der Waals surface area contributed by atoms with Crippen molar-refractivity contribution in [2.45, 2.75) is 25.0 Å². The van der Waals surface area contributed by atoms with Gasteiger partial charge in [-0.1, -0.05) is 78.9 Å². The van der Waals surface area contributed by atoms with E-state index in [0.717, 1.165) is 32.5 Å². The molecule has 4 nitrogen and oxygen atoms in total. The predicted molar refractivity (Wildman–Crippen MR) is 149 cm³/mol. The Morgan fingerprint density at radius 3 is 1.87 bits per heavy atom. The Kier molecular flexibility index (Phi) is 5.51. The summed E-state index contributed by atoms with van der Waals surface area (Å²) in [7, 11) is 0. The number of hydrogen-bond donors (Lipinski definition) is 0. The molecule has 0 unspecified atom stereocenters. The molecule has 6 aromatic rings. The van der Waals surface area contributed by atoms with Gasteiger partial charge in [0.25, 0.3) is 0 Å². The fraction of sp³-hybridized carbons (Fsp3) is 0.118. The Balaban J connectivity index is 1.40. The summed E-state index contributed by atoms with van der Waals surface area (Å²) >= 11 is 0. The van der Waals surface area contributed by atoms with Crippen LogP contribution < -0.4 is 0 Å². The van der Waals surface area contributed by atoms with Crippen molar-refractivity contribution in [1.82, 2.24) is 0 Å². The second-order valence-electron chi connectivity index (χ2n) is 9.93. The highest BCUT2D eigenvalue weighted by atomic mass is 19.1. The summed E-state index contributed by atoms with van der Waals surface area (Å²) in [5.74, 6) is -1.58. The Morgan fingerprint density at radius 2 is 1.23 bits per heavy atom. The van der Waals surface area contributed by atoms with E-state index in [2.05, 4.69) is 6.07 Å². The average molecular weight is 515 g/mol. The van der Waals surface area contributed by atoms with E-state index in [1.54, 1.807) is 60.7 Å². The van der Waals surface area contributed by atoms with Crippen molar-refractivity contribution in [2.24, 2.45) is 0 Å². The standard InChI is InChI=1S/C34H23FO4/c35-31-26-17-15-21-13-7-12-20-14-16-24(29(26)28(20)21)25-18-19-27(38-33(36)22-8-3-1-4-9-22)32(30(25)31)39-34(37)23-10-5-2-6-11-23/h1-17,27,32H,18-19H2/t27-,32+/m1/s1. The van der Waals surface area contributed by atoms with Crippen molar-refractivity contribution in [2.75, 3.05) is 0 Å². The summed E-state index contributed by atoms with van der Waals surface area (Å²) in [6.07, 6.45) is -1.08. The minimum atomic E-state index is -1.10. The lowest BCUT2D eigenvalue weighted by molar-refractivity contribution is -0.0447. The number of rotatable bonds is 4. The maximum absolute atomic E-state index is 16.6.